The molecule has 3 N–H and O–H groups in total. The molecular formula is C13H23IN4O2. The lowest BCUT2D eigenvalue weighted by Gasteiger charge is -2.13. The number of nitrogens with one attached hydrogen (secondary N) is 3. The molecule has 0 fully saturated rings. The molecular weight excluding hydrogens is 371 g/mol. The largest absolute Gasteiger partial charge is 0.459 e. The standard InChI is InChI=1S/C13H22N4O2.HI/c1-10(2)9-17-13(14-3)16-7-6-15-12(18)11-5-4-8-19-11;/h4-5,8,10H,6-7,9H2,1-3H3,(H,15,18)(H2,14,16,17);1H. The van der Waals surface area contributed by atoms with Gasteiger partial charge in [0.15, 0.2) is 11.7 Å². The zero-order valence-corrected chi connectivity index (χ0v) is 14.4. The zero-order chi connectivity index (χ0) is 14.1. The van der Waals surface area contributed by atoms with Crippen LogP contribution in [0.15, 0.2) is 27.8 Å². The van der Waals surface area contributed by atoms with E-state index in [0.29, 0.717) is 24.8 Å². The van der Waals surface area contributed by atoms with Crippen molar-refractivity contribution in [1.29, 1.82) is 0 Å². The summed E-state index contributed by atoms with van der Waals surface area (Å²) in [6.07, 6.45) is 1.48. The molecule has 0 aromatic carbocycles. The maximum absolute atomic E-state index is 11.6. The Morgan fingerprint density at radius 3 is 2.55 bits per heavy atom. The molecule has 1 heterocycles. The average Bonchev–Trinajstić information content (AvgIpc) is 2.91. The second-order valence-corrected chi connectivity index (χ2v) is 4.51. The fourth-order valence-electron chi connectivity index (χ4n) is 1.37. The number of carbonyl (C=O) groups is 1. The monoisotopic (exact) mass is 394 g/mol. The van der Waals surface area contributed by atoms with Gasteiger partial charge in [0, 0.05) is 26.7 Å². The van der Waals surface area contributed by atoms with Gasteiger partial charge >= 0.3 is 0 Å². The van der Waals surface area contributed by atoms with Gasteiger partial charge in [0.25, 0.3) is 5.91 Å². The van der Waals surface area contributed by atoms with Crippen LogP contribution >= 0.6 is 24.0 Å². The Bertz CT molecular complexity index is 405. The van der Waals surface area contributed by atoms with Gasteiger partial charge in [0.05, 0.1) is 6.26 Å². The van der Waals surface area contributed by atoms with Gasteiger partial charge in [-0.3, -0.25) is 9.79 Å². The van der Waals surface area contributed by atoms with Crippen molar-refractivity contribution in [2.75, 3.05) is 26.7 Å². The first kappa shape index (κ1) is 18.8. The van der Waals surface area contributed by atoms with Gasteiger partial charge in [-0.15, -0.1) is 24.0 Å². The first-order valence-corrected chi connectivity index (χ1v) is 6.39. The molecule has 0 atom stereocenters. The highest BCUT2D eigenvalue weighted by Crippen LogP contribution is 1.98. The van der Waals surface area contributed by atoms with Crippen molar-refractivity contribution in [2.24, 2.45) is 10.9 Å². The topological polar surface area (TPSA) is 78.7 Å². The number of amides is 1. The van der Waals surface area contributed by atoms with E-state index in [2.05, 4.69) is 34.8 Å². The first-order chi connectivity index (χ1) is 9.13. The summed E-state index contributed by atoms with van der Waals surface area (Å²) in [5.41, 5.74) is 0. The molecule has 0 aliphatic heterocycles. The molecule has 0 radical (unpaired) electrons. The summed E-state index contributed by atoms with van der Waals surface area (Å²) in [4.78, 5) is 15.6. The summed E-state index contributed by atoms with van der Waals surface area (Å²) in [6.45, 7) is 6.22. The Morgan fingerprint density at radius 2 is 2.00 bits per heavy atom. The van der Waals surface area contributed by atoms with Gasteiger partial charge in [-0.25, -0.2) is 0 Å². The highest BCUT2D eigenvalue weighted by Gasteiger charge is 2.06. The third-order valence-corrected chi connectivity index (χ3v) is 2.35. The molecule has 114 valence electrons. The van der Waals surface area contributed by atoms with Gasteiger partial charge in [0.2, 0.25) is 0 Å². The van der Waals surface area contributed by atoms with E-state index in [4.69, 9.17) is 4.42 Å². The minimum absolute atomic E-state index is 0. The molecule has 1 aromatic rings. The smallest absolute Gasteiger partial charge is 0.287 e. The molecule has 0 spiro atoms. The second kappa shape index (κ2) is 10.5. The Kier molecular flexibility index (Phi) is 9.87. The molecule has 0 aliphatic carbocycles. The van der Waals surface area contributed by atoms with Gasteiger partial charge in [0.1, 0.15) is 0 Å². The third kappa shape index (κ3) is 7.37. The predicted molar refractivity (Wildman–Crippen MR) is 90.7 cm³/mol. The van der Waals surface area contributed by atoms with Crippen LogP contribution in [0.5, 0.6) is 0 Å². The molecule has 7 heteroatoms. The third-order valence-electron chi connectivity index (χ3n) is 2.35. The highest BCUT2D eigenvalue weighted by atomic mass is 127. The molecule has 0 bridgehead atoms. The van der Waals surface area contributed by atoms with Crippen LogP contribution in [0.25, 0.3) is 0 Å². The van der Waals surface area contributed by atoms with Crippen molar-refractivity contribution in [3.05, 3.63) is 24.2 Å². The Balaban J connectivity index is 0.00000361. The average molecular weight is 394 g/mol. The van der Waals surface area contributed by atoms with Crippen LogP contribution in [0.4, 0.5) is 0 Å². The van der Waals surface area contributed by atoms with E-state index in [9.17, 15) is 4.79 Å². The number of halogens is 1. The molecule has 20 heavy (non-hydrogen) atoms. The lowest BCUT2D eigenvalue weighted by Crippen LogP contribution is -2.42. The van der Waals surface area contributed by atoms with Crippen LogP contribution in [-0.2, 0) is 0 Å². The SMILES string of the molecule is CN=C(NCCNC(=O)c1ccco1)NCC(C)C.I. The molecule has 1 aromatic heterocycles. The van der Waals surface area contributed by atoms with E-state index in [1.165, 1.54) is 6.26 Å². The van der Waals surface area contributed by atoms with Crippen molar-refractivity contribution in [3.8, 4) is 0 Å². The lowest BCUT2D eigenvalue weighted by molar-refractivity contribution is 0.0926. The number of guanidine groups is 1. The fourth-order valence-corrected chi connectivity index (χ4v) is 1.37. The molecule has 6 nitrogen and oxygen atoms in total. The molecule has 0 aliphatic rings. The van der Waals surface area contributed by atoms with E-state index in [1.807, 2.05) is 0 Å². The molecule has 1 rings (SSSR count). The van der Waals surface area contributed by atoms with Crippen LogP contribution < -0.4 is 16.0 Å². The Labute approximate surface area is 136 Å². The molecule has 0 saturated heterocycles. The lowest BCUT2D eigenvalue weighted by atomic mass is 10.2. The summed E-state index contributed by atoms with van der Waals surface area (Å²) in [5, 5.41) is 9.06. The van der Waals surface area contributed by atoms with E-state index >= 15 is 0 Å². The highest BCUT2D eigenvalue weighted by molar-refractivity contribution is 14.0. The summed E-state index contributed by atoms with van der Waals surface area (Å²) < 4.78 is 4.99. The number of hydrogen-bond acceptors (Lipinski definition) is 3. The quantitative estimate of drug-likeness (QED) is 0.295. The summed E-state index contributed by atoms with van der Waals surface area (Å²) >= 11 is 0. The Hall–Kier alpha value is -1.25. The van der Waals surface area contributed by atoms with Crippen molar-refractivity contribution in [2.45, 2.75) is 13.8 Å². The van der Waals surface area contributed by atoms with Crippen LogP contribution in [0.2, 0.25) is 0 Å². The number of nitrogens with zero attached hydrogens (tertiary/aromatic N) is 1. The van der Waals surface area contributed by atoms with E-state index in [1.54, 1.807) is 19.2 Å². The van der Waals surface area contributed by atoms with Crippen LogP contribution in [0.1, 0.15) is 24.4 Å². The van der Waals surface area contributed by atoms with E-state index in [0.717, 1.165) is 12.5 Å². The number of carbonyl (C=O) groups excluding carboxylic acids is 1. The van der Waals surface area contributed by atoms with Crippen molar-refractivity contribution in [3.63, 3.8) is 0 Å². The number of furan rings is 1. The van der Waals surface area contributed by atoms with Crippen molar-refractivity contribution < 1.29 is 9.21 Å². The van der Waals surface area contributed by atoms with Gasteiger partial charge < -0.3 is 20.4 Å². The zero-order valence-electron chi connectivity index (χ0n) is 12.1. The fraction of sp³-hybridized carbons (Fsp3) is 0.538. The minimum Gasteiger partial charge on any atom is -0.459 e. The molecule has 0 saturated carbocycles. The maximum Gasteiger partial charge on any atom is 0.287 e. The van der Waals surface area contributed by atoms with Crippen molar-refractivity contribution in [1.82, 2.24) is 16.0 Å². The summed E-state index contributed by atoms with van der Waals surface area (Å²) in [5.74, 6) is 1.40. The maximum atomic E-state index is 11.6. The number of hydrogen-bond donors (Lipinski definition) is 3. The minimum atomic E-state index is -0.211. The summed E-state index contributed by atoms with van der Waals surface area (Å²) in [7, 11) is 1.72. The Morgan fingerprint density at radius 1 is 1.30 bits per heavy atom. The van der Waals surface area contributed by atoms with Crippen LogP contribution in [0, 0.1) is 5.92 Å². The normalized spacial score (nSPS) is 10.9. The first-order valence-electron chi connectivity index (χ1n) is 6.39. The van der Waals surface area contributed by atoms with Crippen molar-refractivity contribution >= 4 is 35.8 Å². The van der Waals surface area contributed by atoms with Gasteiger partial charge in [-0.2, -0.15) is 0 Å². The summed E-state index contributed by atoms with van der Waals surface area (Å²) in [6, 6.07) is 3.32. The van der Waals surface area contributed by atoms with Gasteiger partial charge in [-0.05, 0) is 18.1 Å². The van der Waals surface area contributed by atoms with Crippen LogP contribution in [-0.4, -0.2) is 38.5 Å². The number of aliphatic imine (C=N–C) groups is 1. The second-order valence-electron chi connectivity index (χ2n) is 4.51. The molecule has 0 unspecified atom stereocenters. The molecule has 1 amide bonds. The van der Waals surface area contributed by atoms with Crippen LogP contribution in [0.3, 0.4) is 0 Å². The van der Waals surface area contributed by atoms with Gasteiger partial charge in [-0.1, -0.05) is 13.8 Å². The predicted octanol–water partition coefficient (Wildman–Crippen LogP) is 1.45. The van der Waals surface area contributed by atoms with E-state index in [-0.39, 0.29) is 29.9 Å². The van der Waals surface area contributed by atoms with E-state index < -0.39 is 0 Å². The number of rotatable bonds is 6.